The fourth-order valence-electron chi connectivity index (χ4n) is 1.85. The van der Waals surface area contributed by atoms with Gasteiger partial charge in [-0.05, 0) is 19.3 Å². The molecule has 0 atom stereocenters. The summed E-state index contributed by atoms with van der Waals surface area (Å²) in [6, 6.07) is 0. The van der Waals surface area contributed by atoms with Crippen molar-refractivity contribution < 1.29 is 0 Å². The van der Waals surface area contributed by atoms with E-state index in [1.807, 2.05) is 0 Å². The summed E-state index contributed by atoms with van der Waals surface area (Å²) in [5, 5.41) is 0. The molecule has 0 aliphatic heterocycles. The van der Waals surface area contributed by atoms with E-state index in [9.17, 15) is 0 Å². The lowest BCUT2D eigenvalue weighted by Gasteiger charge is -1.97. The maximum Gasteiger partial charge on any atom is 0.0269 e. The molecule has 0 aromatic heterocycles. The van der Waals surface area contributed by atoms with Gasteiger partial charge >= 0.3 is 0 Å². The highest BCUT2D eigenvalue weighted by Crippen LogP contribution is 2.07. The molecule has 1 radical (unpaired) electrons. The van der Waals surface area contributed by atoms with Gasteiger partial charge < -0.3 is 0 Å². The number of rotatable bonds is 11. The van der Waals surface area contributed by atoms with Crippen LogP contribution in [0.4, 0.5) is 0 Å². The molecule has 0 N–H and O–H groups in total. The zero-order valence-corrected chi connectivity index (χ0v) is 12.3. The Morgan fingerprint density at radius 2 is 1.61 bits per heavy atom. The van der Waals surface area contributed by atoms with Crippen molar-refractivity contribution in [1.82, 2.24) is 0 Å². The van der Waals surface area contributed by atoms with E-state index in [0.717, 1.165) is 19.3 Å². The average molecular weight is 247 g/mol. The van der Waals surface area contributed by atoms with E-state index in [1.165, 1.54) is 57.8 Å². The fourth-order valence-corrected chi connectivity index (χ4v) is 1.85. The number of unbranched alkanes of at least 4 members (excludes halogenated alkanes) is 9. The van der Waals surface area contributed by atoms with Crippen molar-refractivity contribution in [1.29, 1.82) is 0 Å². The zero-order chi connectivity index (χ0) is 13.3. The number of hydrogen-bond donors (Lipinski definition) is 0. The molecule has 0 unspecified atom stereocenters. The van der Waals surface area contributed by atoms with Crippen LogP contribution < -0.4 is 0 Å². The monoisotopic (exact) mass is 247 g/mol. The number of allylic oxidation sites excluding steroid dienone is 2. The lowest BCUT2D eigenvalue weighted by Crippen LogP contribution is -1.77. The van der Waals surface area contributed by atoms with Gasteiger partial charge in [0.2, 0.25) is 0 Å². The van der Waals surface area contributed by atoms with Crippen molar-refractivity contribution in [3.63, 3.8) is 0 Å². The summed E-state index contributed by atoms with van der Waals surface area (Å²) < 4.78 is 0. The van der Waals surface area contributed by atoms with Gasteiger partial charge in [-0.3, -0.25) is 0 Å². The van der Waals surface area contributed by atoms with Crippen molar-refractivity contribution in [3.8, 4) is 11.8 Å². The normalized spacial score (nSPS) is 10.6. The Morgan fingerprint density at radius 1 is 0.833 bits per heavy atom. The van der Waals surface area contributed by atoms with Crippen LogP contribution in [0.2, 0.25) is 0 Å². The summed E-state index contributed by atoms with van der Waals surface area (Å²) in [6.45, 7) is 6.09. The molecule has 0 heteroatoms. The first-order valence-electron chi connectivity index (χ1n) is 7.81. The second-order valence-electron chi connectivity index (χ2n) is 4.90. The average Bonchev–Trinajstić information content (AvgIpc) is 2.39. The summed E-state index contributed by atoms with van der Waals surface area (Å²) in [6.07, 6.45) is 19.5. The summed E-state index contributed by atoms with van der Waals surface area (Å²) in [4.78, 5) is 0. The van der Waals surface area contributed by atoms with Crippen LogP contribution in [0.1, 0.15) is 84.0 Å². The van der Waals surface area contributed by atoms with Gasteiger partial charge in [0.25, 0.3) is 0 Å². The second-order valence-corrected chi connectivity index (χ2v) is 4.90. The molecular formula is C18H31. The molecule has 0 amide bonds. The first kappa shape index (κ1) is 17.3. The third kappa shape index (κ3) is 15.3. The molecule has 0 saturated heterocycles. The Hall–Kier alpha value is -0.700. The van der Waals surface area contributed by atoms with Crippen LogP contribution in [-0.2, 0) is 0 Å². The van der Waals surface area contributed by atoms with Gasteiger partial charge in [-0.2, -0.15) is 0 Å². The quantitative estimate of drug-likeness (QED) is 0.236. The minimum atomic E-state index is 0.938. The van der Waals surface area contributed by atoms with E-state index in [-0.39, 0.29) is 0 Å². The molecule has 0 fully saturated rings. The standard InChI is InChI=1S/C18H31/c1-3-5-7-9-11-13-15-17-18-16-14-12-10-8-6-4-2/h17-18H,1,3-11,13,15-16H2,2H3/b18-17+. The Bertz CT molecular complexity index is 226. The molecule has 18 heavy (non-hydrogen) atoms. The van der Waals surface area contributed by atoms with Gasteiger partial charge in [0.05, 0.1) is 0 Å². The van der Waals surface area contributed by atoms with E-state index in [2.05, 4.69) is 37.8 Å². The van der Waals surface area contributed by atoms with Crippen LogP contribution in [-0.4, -0.2) is 0 Å². The highest BCUT2D eigenvalue weighted by atomic mass is 13.9. The molecule has 0 rings (SSSR count). The topological polar surface area (TPSA) is 0 Å². The maximum absolute atomic E-state index is 3.86. The smallest absolute Gasteiger partial charge is 0.0269 e. The van der Waals surface area contributed by atoms with E-state index in [1.54, 1.807) is 0 Å². The first-order chi connectivity index (χ1) is 8.91. The molecule has 0 saturated carbocycles. The third-order valence-corrected chi connectivity index (χ3v) is 3.04. The minimum Gasteiger partial charge on any atom is -0.103 e. The first-order valence-corrected chi connectivity index (χ1v) is 7.81. The van der Waals surface area contributed by atoms with Crippen molar-refractivity contribution >= 4 is 0 Å². The zero-order valence-electron chi connectivity index (χ0n) is 12.3. The van der Waals surface area contributed by atoms with Crippen LogP contribution in [0, 0.1) is 18.8 Å². The van der Waals surface area contributed by atoms with Crippen LogP contribution in [0.5, 0.6) is 0 Å². The van der Waals surface area contributed by atoms with Gasteiger partial charge in [-0.15, -0.1) is 5.92 Å². The van der Waals surface area contributed by atoms with Crippen LogP contribution in [0.3, 0.4) is 0 Å². The van der Waals surface area contributed by atoms with Gasteiger partial charge in [0.1, 0.15) is 0 Å². The molecule has 103 valence electrons. The van der Waals surface area contributed by atoms with Crippen molar-refractivity contribution in [2.45, 2.75) is 84.0 Å². The van der Waals surface area contributed by atoms with Crippen molar-refractivity contribution in [2.75, 3.05) is 0 Å². The lowest BCUT2D eigenvalue weighted by molar-refractivity contribution is 0.621. The molecule has 0 aliphatic rings. The van der Waals surface area contributed by atoms with Crippen LogP contribution in [0.15, 0.2) is 12.2 Å². The largest absolute Gasteiger partial charge is 0.103 e. The Balaban J connectivity index is 3.17. The van der Waals surface area contributed by atoms with E-state index in [4.69, 9.17) is 0 Å². The minimum absolute atomic E-state index is 0.938. The summed E-state index contributed by atoms with van der Waals surface area (Å²) in [7, 11) is 0. The van der Waals surface area contributed by atoms with E-state index >= 15 is 0 Å². The van der Waals surface area contributed by atoms with Gasteiger partial charge in [0.15, 0.2) is 0 Å². The van der Waals surface area contributed by atoms with Gasteiger partial charge in [-0.1, -0.05) is 76.9 Å². The molecule has 0 spiro atoms. The molecule has 0 aliphatic carbocycles. The Labute approximate surface area is 115 Å². The van der Waals surface area contributed by atoms with Crippen LogP contribution >= 0.6 is 0 Å². The molecule has 0 aromatic rings. The predicted molar refractivity (Wildman–Crippen MR) is 83.4 cm³/mol. The van der Waals surface area contributed by atoms with Crippen LogP contribution in [0.25, 0.3) is 0 Å². The molecule has 0 nitrogen and oxygen atoms in total. The molecule has 0 bridgehead atoms. The molecule has 0 heterocycles. The van der Waals surface area contributed by atoms with Crippen molar-refractivity contribution in [2.24, 2.45) is 0 Å². The van der Waals surface area contributed by atoms with Gasteiger partial charge in [0, 0.05) is 12.8 Å². The summed E-state index contributed by atoms with van der Waals surface area (Å²) >= 11 is 0. The summed E-state index contributed by atoms with van der Waals surface area (Å²) in [5.74, 6) is 6.46. The maximum atomic E-state index is 3.86. The lowest BCUT2D eigenvalue weighted by atomic mass is 10.1. The fraction of sp³-hybridized carbons (Fsp3) is 0.722. The van der Waals surface area contributed by atoms with Crippen molar-refractivity contribution in [3.05, 3.63) is 19.1 Å². The number of hydrogen-bond acceptors (Lipinski definition) is 0. The Kier molecular flexibility index (Phi) is 15.7. The second kappa shape index (κ2) is 16.3. The highest BCUT2D eigenvalue weighted by Gasteiger charge is 1.87. The molecular weight excluding hydrogens is 216 g/mol. The van der Waals surface area contributed by atoms with E-state index < -0.39 is 0 Å². The Morgan fingerprint density at radius 3 is 2.39 bits per heavy atom. The highest BCUT2D eigenvalue weighted by molar-refractivity contribution is 5.04. The van der Waals surface area contributed by atoms with Gasteiger partial charge in [-0.25, -0.2) is 0 Å². The predicted octanol–water partition coefficient (Wildman–Crippen LogP) is 6.08. The SMILES string of the molecule is [CH2]CCCCCCC/C=C/CC#CCCCCC. The molecule has 0 aromatic carbocycles. The summed E-state index contributed by atoms with van der Waals surface area (Å²) in [5.41, 5.74) is 0. The third-order valence-electron chi connectivity index (χ3n) is 3.04. The van der Waals surface area contributed by atoms with E-state index in [0.29, 0.717) is 0 Å².